The molecule has 1 spiro atoms. The van der Waals surface area contributed by atoms with Crippen LogP contribution in [-0.2, 0) is 20.2 Å². The SMILES string of the molecule is O=S(=O)(c1ccc(Cl)cc1F)N1CC2(CCOCC2)c2ccccc21. The van der Waals surface area contributed by atoms with Gasteiger partial charge < -0.3 is 4.74 Å². The van der Waals surface area contributed by atoms with E-state index in [2.05, 4.69) is 0 Å². The summed E-state index contributed by atoms with van der Waals surface area (Å²) in [7, 11) is -4.02. The monoisotopic (exact) mass is 381 g/mol. The van der Waals surface area contributed by atoms with Gasteiger partial charge in [0.1, 0.15) is 10.7 Å². The number of ether oxygens (including phenoxy) is 1. The first-order valence-electron chi connectivity index (χ1n) is 8.09. The Hall–Kier alpha value is -1.63. The van der Waals surface area contributed by atoms with Crippen LogP contribution in [0.4, 0.5) is 10.1 Å². The Bertz CT molecular complexity index is 926. The summed E-state index contributed by atoms with van der Waals surface area (Å²) < 4.78 is 47.4. The maximum Gasteiger partial charge on any atom is 0.267 e. The van der Waals surface area contributed by atoms with Crippen molar-refractivity contribution in [3.8, 4) is 0 Å². The van der Waals surface area contributed by atoms with Gasteiger partial charge in [-0.2, -0.15) is 0 Å². The summed E-state index contributed by atoms with van der Waals surface area (Å²) in [6.07, 6.45) is 1.50. The van der Waals surface area contributed by atoms with Gasteiger partial charge in [0.25, 0.3) is 10.0 Å². The predicted octanol–water partition coefficient (Wildman–Crippen LogP) is 3.74. The summed E-state index contributed by atoms with van der Waals surface area (Å²) >= 11 is 5.76. The Balaban J connectivity index is 1.83. The molecule has 0 N–H and O–H groups in total. The molecule has 7 heteroatoms. The number of rotatable bonds is 2. The Kier molecular flexibility index (Phi) is 4.02. The summed E-state index contributed by atoms with van der Waals surface area (Å²) in [6, 6.07) is 11.1. The molecule has 0 aliphatic carbocycles. The molecule has 2 aromatic carbocycles. The summed E-state index contributed by atoms with van der Waals surface area (Å²) in [6.45, 7) is 1.50. The first-order chi connectivity index (χ1) is 11.9. The Morgan fingerprint density at radius 3 is 2.56 bits per heavy atom. The molecule has 25 heavy (non-hydrogen) atoms. The summed E-state index contributed by atoms with van der Waals surface area (Å²) in [4.78, 5) is -0.351. The van der Waals surface area contributed by atoms with E-state index in [0.29, 0.717) is 25.4 Å². The zero-order valence-corrected chi connectivity index (χ0v) is 15.0. The largest absolute Gasteiger partial charge is 0.381 e. The lowest BCUT2D eigenvalue weighted by molar-refractivity contribution is 0.0560. The quantitative estimate of drug-likeness (QED) is 0.796. The van der Waals surface area contributed by atoms with Crippen LogP contribution in [0.15, 0.2) is 47.4 Å². The minimum atomic E-state index is -4.02. The summed E-state index contributed by atoms with van der Waals surface area (Å²) in [5.41, 5.74) is 1.35. The van der Waals surface area contributed by atoms with E-state index in [4.69, 9.17) is 16.3 Å². The maximum atomic E-state index is 14.3. The van der Waals surface area contributed by atoms with Crippen LogP contribution >= 0.6 is 11.6 Å². The van der Waals surface area contributed by atoms with E-state index >= 15 is 0 Å². The Morgan fingerprint density at radius 1 is 1.12 bits per heavy atom. The van der Waals surface area contributed by atoms with Gasteiger partial charge in [-0.1, -0.05) is 29.8 Å². The van der Waals surface area contributed by atoms with Gasteiger partial charge in [0, 0.05) is 30.2 Å². The molecule has 0 unspecified atom stereocenters. The standard InChI is InChI=1S/C18H17ClFNO3S/c19-13-5-6-17(15(20)11-13)25(22,23)21-12-18(7-9-24-10-8-18)14-3-1-2-4-16(14)21/h1-6,11H,7-10,12H2. The third-order valence-electron chi connectivity index (χ3n) is 5.10. The molecule has 2 aliphatic rings. The zero-order chi connectivity index (χ0) is 17.7. The fourth-order valence-electron chi connectivity index (χ4n) is 3.79. The fourth-order valence-corrected chi connectivity index (χ4v) is 5.57. The Labute approximate surface area is 151 Å². The molecule has 1 saturated heterocycles. The second-order valence-electron chi connectivity index (χ2n) is 6.50. The normalized spacial score (nSPS) is 19.2. The number of fused-ring (bicyclic) bond motifs is 2. The van der Waals surface area contributed by atoms with Gasteiger partial charge in [0.15, 0.2) is 0 Å². The second kappa shape index (κ2) is 5.97. The van der Waals surface area contributed by atoms with E-state index < -0.39 is 15.8 Å². The first kappa shape index (κ1) is 16.8. The highest BCUT2D eigenvalue weighted by molar-refractivity contribution is 7.92. The van der Waals surface area contributed by atoms with Crippen molar-refractivity contribution in [2.45, 2.75) is 23.2 Å². The number of sulfonamides is 1. The average molecular weight is 382 g/mol. The molecular weight excluding hydrogens is 365 g/mol. The lowest BCUT2D eigenvalue weighted by Gasteiger charge is -2.34. The van der Waals surface area contributed by atoms with Crippen LogP contribution in [0.2, 0.25) is 5.02 Å². The molecule has 2 aromatic rings. The molecule has 132 valence electrons. The lowest BCUT2D eigenvalue weighted by Crippen LogP contribution is -2.40. The molecule has 4 nitrogen and oxygen atoms in total. The van der Waals surface area contributed by atoms with Crippen LogP contribution < -0.4 is 4.31 Å². The van der Waals surface area contributed by atoms with E-state index in [1.165, 1.54) is 16.4 Å². The van der Waals surface area contributed by atoms with Gasteiger partial charge in [0.2, 0.25) is 0 Å². The smallest absolute Gasteiger partial charge is 0.267 e. The summed E-state index contributed by atoms with van der Waals surface area (Å²) in [5.74, 6) is -0.835. The van der Waals surface area contributed by atoms with Crippen molar-refractivity contribution in [2.75, 3.05) is 24.1 Å². The van der Waals surface area contributed by atoms with Crippen LogP contribution in [0.3, 0.4) is 0 Å². The molecule has 2 heterocycles. The average Bonchev–Trinajstić information content (AvgIpc) is 2.91. The molecule has 0 aromatic heterocycles. The van der Waals surface area contributed by atoms with Crippen LogP contribution in [0.5, 0.6) is 0 Å². The van der Waals surface area contributed by atoms with E-state index in [-0.39, 0.29) is 15.3 Å². The van der Waals surface area contributed by atoms with Crippen LogP contribution in [0.25, 0.3) is 0 Å². The fraction of sp³-hybridized carbons (Fsp3) is 0.333. The van der Waals surface area contributed by atoms with E-state index in [1.807, 2.05) is 12.1 Å². The van der Waals surface area contributed by atoms with Crippen LogP contribution in [-0.4, -0.2) is 28.2 Å². The molecule has 0 amide bonds. The Morgan fingerprint density at radius 2 is 1.84 bits per heavy atom. The third kappa shape index (κ3) is 2.63. The predicted molar refractivity (Wildman–Crippen MR) is 94.1 cm³/mol. The molecule has 0 saturated carbocycles. The van der Waals surface area contributed by atoms with Crippen molar-refractivity contribution in [1.82, 2.24) is 0 Å². The van der Waals surface area contributed by atoms with Gasteiger partial charge in [-0.25, -0.2) is 12.8 Å². The molecular formula is C18H17ClFNO3S. The summed E-state index contributed by atoms with van der Waals surface area (Å²) in [5, 5.41) is 0.166. The van der Waals surface area contributed by atoms with E-state index in [1.54, 1.807) is 12.1 Å². The van der Waals surface area contributed by atoms with Crippen molar-refractivity contribution < 1.29 is 17.5 Å². The van der Waals surface area contributed by atoms with Gasteiger partial charge >= 0.3 is 0 Å². The van der Waals surface area contributed by atoms with Crippen molar-refractivity contribution in [1.29, 1.82) is 0 Å². The molecule has 0 bridgehead atoms. The number of hydrogen-bond acceptors (Lipinski definition) is 3. The number of hydrogen-bond donors (Lipinski definition) is 0. The number of halogens is 2. The molecule has 2 aliphatic heterocycles. The zero-order valence-electron chi connectivity index (χ0n) is 13.4. The third-order valence-corrected chi connectivity index (χ3v) is 7.13. The van der Waals surface area contributed by atoms with Crippen molar-refractivity contribution in [3.05, 3.63) is 58.9 Å². The van der Waals surface area contributed by atoms with Crippen molar-refractivity contribution >= 4 is 27.3 Å². The highest BCUT2D eigenvalue weighted by atomic mass is 35.5. The highest BCUT2D eigenvalue weighted by Crippen LogP contribution is 2.48. The van der Waals surface area contributed by atoms with Crippen LogP contribution in [0.1, 0.15) is 18.4 Å². The minimum absolute atomic E-state index is 0.166. The second-order valence-corrected chi connectivity index (χ2v) is 8.76. The number of benzene rings is 2. The topological polar surface area (TPSA) is 46.6 Å². The number of anilines is 1. The number of nitrogens with zero attached hydrogens (tertiary/aromatic N) is 1. The van der Waals surface area contributed by atoms with Crippen molar-refractivity contribution in [3.63, 3.8) is 0 Å². The van der Waals surface area contributed by atoms with Gasteiger partial charge in [-0.05, 0) is 42.7 Å². The van der Waals surface area contributed by atoms with Crippen LogP contribution in [0, 0.1) is 5.82 Å². The molecule has 0 radical (unpaired) electrons. The molecule has 1 fully saturated rings. The molecule has 4 rings (SSSR count). The van der Waals surface area contributed by atoms with E-state index in [9.17, 15) is 12.8 Å². The van der Waals surface area contributed by atoms with Gasteiger partial charge in [-0.3, -0.25) is 4.31 Å². The highest BCUT2D eigenvalue weighted by Gasteiger charge is 2.47. The maximum absolute atomic E-state index is 14.3. The van der Waals surface area contributed by atoms with Gasteiger partial charge in [0.05, 0.1) is 5.69 Å². The number of para-hydroxylation sites is 1. The minimum Gasteiger partial charge on any atom is -0.381 e. The van der Waals surface area contributed by atoms with E-state index in [0.717, 1.165) is 24.5 Å². The molecule has 0 atom stereocenters. The van der Waals surface area contributed by atoms with Gasteiger partial charge in [-0.15, -0.1) is 0 Å². The first-order valence-corrected chi connectivity index (χ1v) is 9.91. The van der Waals surface area contributed by atoms with Crippen molar-refractivity contribution in [2.24, 2.45) is 0 Å². The lowest BCUT2D eigenvalue weighted by atomic mass is 9.76.